The molecule has 1 aromatic carbocycles. The molecule has 0 saturated heterocycles. The van der Waals surface area contributed by atoms with Gasteiger partial charge in [0.1, 0.15) is 11.3 Å². The first kappa shape index (κ1) is 12.5. The maximum atomic E-state index is 11.6. The van der Waals surface area contributed by atoms with Crippen LogP contribution in [-0.2, 0) is 9.53 Å². The Hall–Kier alpha value is -1.95. The third kappa shape index (κ3) is 1.95. The van der Waals surface area contributed by atoms with Crippen LogP contribution in [0.15, 0.2) is 6.07 Å². The third-order valence-corrected chi connectivity index (χ3v) is 2.80. The Labute approximate surface area is 108 Å². The van der Waals surface area contributed by atoms with E-state index in [1.165, 1.54) is 13.2 Å². The van der Waals surface area contributed by atoms with Gasteiger partial charge in [-0.2, -0.15) is 0 Å². The van der Waals surface area contributed by atoms with Crippen molar-refractivity contribution in [1.29, 1.82) is 0 Å². The van der Waals surface area contributed by atoms with E-state index in [0.29, 0.717) is 16.4 Å². The van der Waals surface area contributed by atoms with Crippen molar-refractivity contribution in [2.24, 2.45) is 0 Å². The average Bonchev–Trinajstić information content (AvgIpc) is 2.36. The minimum Gasteiger partial charge on any atom is -0.481 e. The van der Waals surface area contributed by atoms with Crippen LogP contribution in [0, 0.1) is 0 Å². The minimum atomic E-state index is -0.577. The largest absolute Gasteiger partial charge is 0.481 e. The number of halogens is 1. The molecule has 0 saturated carbocycles. The number of benzene rings is 1. The molecule has 7 heteroatoms. The lowest BCUT2D eigenvalue weighted by atomic mass is 10.1. The van der Waals surface area contributed by atoms with Gasteiger partial charge in [-0.15, -0.1) is 0 Å². The normalized spacial score (nSPS) is 13.2. The van der Waals surface area contributed by atoms with Crippen molar-refractivity contribution < 1.29 is 19.1 Å². The summed E-state index contributed by atoms with van der Waals surface area (Å²) < 4.78 is 9.92. The maximum Gasteiger partial charge on any atom is 0.341 e. The summed E-state index contributed by atoms with van der Waals surface area (Å²) in [6.45, 7) is -0.151. The van der Waals surface area contributed by atoms with E-state index in [0.717, 1.165) is 0 Å². The van der Waals surface area contributed by atoms with Gasteiger partial charge in [-0.3, -0.25) is 4.79 Å². The first-order valence-corrected chi connectivity index (χ1v) is 5.51. The Morgan fingerprint density at radius 3 is 2.94 bits per heavy atom. The molecule has 1 heterocycles. The SMILES string of the molecule is CNc1c(Cl)cc(C(=O)OC)c2c1NC(=O)CO2. The van der Waals surface area contributed by atoms with Crippen LogP contribution >= 0.6 is 11.6 Å². The van der Waals surface area contributed by atoms with Crippen LogP contribution in [-0.4, -0.2) is 32.6 Å². The second-order valence-electron chi connectivity index (χ2n) is 3.56. The molecule has 0 unspecified atom stereocenters. The van der Waals surface area contributed by atoms with Gasteiger partial charge in [0.05, 0.1) is 17.8 Å². The summed E-state index contributed by atoms with van der Waals surface area (Å²) in [5.41, 5.74) is 1.02. The highest BCUT2D eigenvalue weighted by Gasteiger charge is 2.27. The Balaban J connectivity index is 2.65. The fourth-order valence-corrected chi connectivity index (χ4v) is 2.02. The molecule has 1 aliphatic heterocycles. The zero-order valence-electron chi connectivity index (χ0n) is 9.80. The Morgan fingerprint density at radius 2 is 2.33 bits per heavy atom. The van der Waals surface area contributed by atoms with E-state index in [-0.39, 0.29) is 23.8 Å². The highest BCUT2D eigenvalue weighted by atomic mass is 35.5. The smallest absolute Gasteiger partial charge is 0.341 e. The summed E-state index contributed by atoms with van der Waals surface area (Å²) in [7, 11) is 2.91. The van der Waals surface area contributed by atoms with E-state index in [1.807, 2.05) is 0 Å². The van der Waals surface area contributed by atoms with Crippen molar-refractivity contribution in [1.82, 2.24) is 0 Å². The molecule has 1 aromatic rings. The third-order valence-electron chi connectivity index (χ3n) is 2.50. The summed E-state index contributed by atoms with van der Waals surface area (Å²) in [6.07, 6.45) is 0. The van der Waals surface area contributed by atoms with Crippen LogP contribution in [0.1, 0.15) is 10.4 Å². The van der Waals surface area contributed by atoms with Gasteiger partial charge in [0, 0.05) is 7.05 Å². The molecule has 0 aliphatic carbocycles. The number of methoxy groups -OCH3 is 1. The number of nitrogens with one attached hydrogen (secondary N) is 2. The predicted octanol–water partition coefficient (Wildman–Crippen LogP) is 1.50. The average molecular weight is 271 g/mol. The van der Waals surface area contributed by atoms with Gasteiger partial charge in [0.25, 0.3) is 5.91 Å². The molecule has 0 fully saturated rings. The number of rotatable bonds is 2. The number of ether oxygens (including phenoxy) is 2. The van der Waals surface area contributed by atoms with Crippen molar-refractivity contribution in [3.05, 3.63) is 16.7 Å². The van der Waals surface area contributed by atoms with E-state index in [9.17, 15) is 9.59 Å². The summed E-state index contributed by atoms with van der Waals surface area (Å²) in [5.74, 6) is -0.626. The van der Waals surface area contributed by atoms with E-state index in [1.54, 1.807) is 7.05 Å². The number of esters is 1. The monoisotopic (exact) mass is 270 g/mol. The number of carbonyl (C=O) groups excluding carboxylic acids is 2. The first-order valence-electron chi connectivity index (χ1n) is 5.13. The second kappa shape index (κ2) is 4.73. The molecule has 1 amide bonds. The molecule has 0 spiro atoms. The summed E-state index contributed by atoms with van der Waals surface area (Å²) in [6, 6.07) is 1.44. The van der Waals surface area contributed by atoms with Crippen LogP contribution in [0.25, 0.3) is 0 Å². The maximum absolute atomic E-state index is 11.6. The van der Waals surface area contributed by atoms with E-state index in [4.69, 9.17) is 16.3 Å². The van der Waals surface area contributed by atoms with Crippen LogP contribution in [0.5, 0.6) is 5.75 Å². The molecule has 0 radical (unpaired) electrons. The number of fused-ring (bicyclic) bond motifs is 1. The number of amides is 1. The van der Waals surface area contributed by atoms with Crippen LogP contribution in [0.2, 0.25) is 5.02 Å². The van der Waals surface area contributed by atoms with Crippen molar-refractivity contribution in [2.75, 3.05) is 31.4 Å². The van der Waals surface area contributed by atoms with Gasteiger partial charge < -0.3 is 20.1 Å². The highest BCUT2D eigenvalue weighted by molar-refractivity contribution is 6.35. The summed E-state index contributed by atoms with van der Waals surface area (Å²) in [4.78, 5) is 23.0. The number of carbonyl (C=O) groups is 2. The number of hydrogen-bond acceptors (Lipinski definition) is 5. The molecule has 2 rings (SSSR count). The summed E-state index contributed by atoms with van der Waals surface area (Å²) in [5, 5.41) is 5.76. The van der Waals surface area contributed by atoms with Crippen molar-refractivity contribution in [2.45, 2.75) is 0 Å². The van der Waals surface area contributed by atoms with E-state index < -0.39 is 5.97 Å². The molecule has 0 atom stereocenters. The second-order valence-corrected chi connectivity index (χ2v) is 3.97. The predicted molar refractivity (Wildman–Crippen MR) is 66.5 cm³/mol. The molecule has 1 aliphatic rings. The lowest BCUT2D eigenvalue weighted by Gasteiger charge is -2.23. The van der Waals surface area contributed by atoms with Crippen LogP contribution in [0.4, 0.5) is 11.4 Å². The van der Waals surface area contributed by atoms with E-state index in [2.05, 4.69) is 15.4 Å². The van der Waals surface area contributed by atoms with Crippen LogP contribution < -0.4 is 15.4 Å². The molecule has 0 aromatic heterocycles. The Bertz CT molecular complexity index is 530. The topological polar surface area (TPSA) is 76.7 Å². The zero-order valence-corrected chi connectivity index (χ0v) is 10.6. The van der Waals surface area contributed by atoms with Gasteiger partial charge in [0.15, 0.2) is 12.4 Å². The van der Waals surface area contributed by atoms with Crippen molar-refractivity contribution in [3.63, 3.8) is 0 Å². The fraction of sp³-hybridized carbons (Fsp3) is 0.273. The molecule has 18 heavy (non-hydrogen) atoms. The van der Waals surface area contributed by atoms with Gasteiger partial charge in [-0.1, -0.05) is 11.6 Å². The van der Waals surface area contributed by atoms with Gasteiger partial charge >= 0.3 is 5.97 Å². The quantitative estimate of drug-likeness (QED) is 0.797. The van der Waals surface area contributed by atoms with Gasteiger partial charge in [-0.05, 0) is 6.07 Å². The molecule has 6 nitrogen and oxygen atoms in total. The molecule has 96 valence electrons. The molecular weight excluding hydrogens is 260 g/mol. The summed E-state index contributed by atoms with van der Waals surface area (Å²) >= 11 is 6.04. The molecule has 0 bridgehead atoms. The van der Waals surface area contributed by atoms with Crippen LogP contribution in [0.3, 0.4) is 0 Å². The zero-order chi connectivity index (χ0) is 13.3. The molecule has 2 N–H and O–H groups in total. The lowest BCUT2D eigenvalue weighted by molar-refractivity contribution is -0.118. The number of anilines is 2. The van der Waals surface area contributed by atoms with Crippen molar-refractivity contribution >= 4 is 34.9 Å². The standard InChI is InChI=1S/C11H11ClN2O4/c1-13-8-6(12)3-5(11(16)17-2)10-9(8)14-7(15)4-18-10/h3,13H,4H2,1-2H3,(H,14,15). The fourth-order valence-electron chi connectivity index (χ4n) is 1.72. The van der Waals surface area contributed by atoms with Gasteiger partial charge in [-0.25, -0.2) is 4.79 Å². The minimum absolute atomic E-state index is 0.151. The highest BCUT2D eigenvalue weighted by Crippen LogP contribution is 2.43. The number of hydrogen-bond donors (Lipinski definition) is 2. The van der Waals surface area contributed by atoms with Gasteiger partial charge in [0.2, 0.25) is 0 Å². The first-order chi connectivity index (χ1) is 8.58. The van der Waals surface area contributed by atoms with Crippen molar-refractivity contribution in [3.8, 4) is 5.75 Å². The van der Waals surface area contributed by atoms with E-state index >= 15 is 0 Å². The Morgan fingerprint density at radius 1 is 1.61 bits per heavy atom. The Kier molecular flexibility index (Phi) is 3.29. The lowest BCUT2D eigenvalue weighted by Crippen LogP contribution is -2.27. The molecular formula is C11H11ClN2O4.